The highest BCUT2D eigenvalue weighted by Gasteiger charge is 2.15. The van der Waals surface area contributed by atoms with Crippen LogP contribution in [0.1, 0.15) is 11.1 Å². The molecule has 1 amide bonds. The Bertz CT molecular complexity index is 641. The van der Waals surface area contributed by atoms with E-state index in [2.05, 4.69) is 5.32 Å². The summed E-state index contributed by atoms with van der Waals surface area (Å²) in [5, 5.41) is 12.4. The molecule has 0 radical (unpaired) electrons. The normalized spacial score (nSPS) is 12.3. The first-order chi connectivity index (χ1) is 11.2. The Hall–Kier alpha value is -2.14. The molecular formula is C18H18ClNO3. The molecule has 0 aliphatic heterocycles. The topological polar surface area (TPSA) is 58.6 Å². The fraction of sp³-hybridized carbons (Fsp3) is 0.167. The van der Waals surface area contributed by atoms with E-state index < -0.39 is 12.9 Å². The lowest BCUT2D eigenvalue weighted by Gasteiger charge is -2.13. The van der Waals surface area contributed by atoms with E-state index in [1.165, 1.54) is 0 Å². The molecule has 0 fully saturated rings. The third-order valence-corrected chi connectivity index (χ3v) is 3.41. The molecule has 1 atom stereocenters. The van der Waals surface area contributed by atoms with E-state index in [1.807, 2.05) is 42.5 Å². The van der Waals surface area contributed by atoms with Gasteiger partial charge in [0.15, 0.2) is 6.10 Å². The Morgan fingerprint density at radius 3 is 2.52 bits per heavy atom. The summed E-state index contributed by atoms with van der Waals surface area (Å²) in [4.78, 5) is 12.2. The van der Waals surface area contributed by atoms with Crippen LogP contribution in [0.2, 0.25) is 5.02 Å². The molecule has 1 unspecified atom stereocenters. The van der Waals surface area contributed by atoms with Gasteiger partial charge in [-0.25, -0.2) is 0 Å². The summed E-state index contributed by atoms with van der Waals surface area (Å²) in [7, 11) is 0. The van der Waals surface area contributed by atoms with Crippen molar-refractivity contribution < 1.29 is 14.6 Å². The Balaban J connectivity index is 1.95. The van der Waals surface area contributed by atoms with Crippen molar-refractivity contribution in [3.63, 3.8) is 0 Å². The van der Waals surface area contributed by atoms with Gasteiger partial charge >= 0.3 is 0 Å². The van der Waals surface area contributed by atoms with Gasteiger partial charge in [-0.15, -0.1) is 0 Å². The summed E-state index contributed by atoms with van der Waals surface area (Å²) in [6, 6.07) is 16.8. The molecule has 0 bridgehead atoms. The maximum Gasteiger partial charge on any atom is 0.253 e. The monoisotopic (exact) mass is 331 g/mol. The Labute approximate surface area is 140 Å². The number of aliphatic hydroxyl groups excluding tert-OH is 1. The number of carbonyl (C=O) groups excluding carboxylic acids is 1. The van der Waals surface area contributed by atoms with Gasteiger partial charge in [0.1, 0.15) is 6.79 Å². The molecule has 4 nitrogen and oxygen atoms in total. The molecular weight excluding hydrogens is 314 g/mol. The fourth-order valence-electron chi connectivity index (χ4n) is 1.95. The third-order valence-electron chi connectivity index (χ3n) is 3.16. The smallest absolute Gasteiger partial charge is 0.253 e. The molecule has 2 aromatic rings. The standard InChI is InChI=1S/C18H18ClNO3/c19-16-9-6-15(7-10-16)12-20-18(22)17(23-13-21)11-8-14-4-2-1-3-5-14/h1-11,17,21H,12-13H2,(H,20,22)/b11-8+. The summed E-state index contributed by atoms with van der Waals surface area (Å²) < 4.78 is 5.07. The molecule has 0 saturated carbocycles. The maximum absolute atomic E-state index is 12.2. The van der Waals surface area contributed by atoms with E-state index in [0.717, 1.165) is 11.1 Å². The van der Waals surface area contributed by atoms with Crippen LogP contribution >= 0.6 is 11.6 Å². The van der Waals surface area contributed by atoms with Gasteiger partial charge in [0.2, 0.25) is 0 Å². The van der Waals surface area contributed by atoms with Gasteiger partial charge in [-0.1, -0.05) is 60.1 Å². The third kappa shape index (κ3) is 5.87. The number of benzene rings is 2. The quantitative estimate of drug-likeness (QED) is 0.767. The second-order valence-corrected chi connectivity index (χ2v) is 5.27. The molecule has 23 heavy (non-hydrogen) atoms. The number of halogens is 1. The molecule has 5 heteroatoms. The highest BCUT2D eigenvalue weighted by Crippen LogP contribution is 2.09. The van der Waals surface area contributed by atoms with Gasteiger partial charge in [0, 0.05) is 11.6 Å². The van der Waals surface area contributed by atoms with Crippen LogP contribution in [-0.4, -0.2) is 23.9 Å². The minimum atomic E-state index is -0.854. The number of hydrogen-bond acceptors (Lipinski definition) is 3. The molecule has 0 heterocycles. The van der Waals surface area contributed by atoms with Crippen LogP contribution in [0.15, 0.2) is 60.7 Å². The molecule has 0 saturated heterocycles. The average Bonchev–Trinajstić information content (AvgIpc) is 2.58. The first-order valence-electron chi connectivity index (χ1n) is 7.17. The zero-order chi connectivity index (χ0) is 16.5. The lowest BCUT2D eigenvalue weighted by Crippen LogP contribution is -2.35. The van der Waals surface area contributed by atoms with Gasteiger partial charge in [-0.3, -0.25) is 4.79 Å². The average molecular weight is 332 g/mol. The van der Waals surface area contributed by atoms with Crippen LogP contribution in [-0.2, 0) is 16.1 Å². The number of nitrogens with one attached hydrogen (secondary N) is 1. The second kappa shape index (κ2) is 9.10. The highest BCUT2D eigenvalue weighted by molar-refractivity contribution is 6.30. The SMILES string of the molecule is O=C(NCc1ccc(Cl)cc1)C(/C=C/c1ccccc1)OCO. The van der Waals surface area contributed by atoms with Crippen molar-refractivity contribution in [3.8, 4) is 0 Å². The first kappa shape index (κ1) is 17.2. The van der Waals surface area contributed by atoms with Crippen molar-refractivity contribution in [2.45, 2.75) is 12.6 Å². The molecule has 2 aromatic carbocycles. The number of amides is 1. The maximum atomic E-state index is 12.2. The second-order valence-electron chi connectivity index (χ2n) is 4.83. The summed E-state index contributed by atoms with van der Waals surface area (Å²) >= 11 is 5.82. The van der Waals surface area contributed by atoms with E-state index in [-0.39, 0.29) is 5.91 Å². The van der Waals surface area contributed by atoms with E-state index >= 15 is 0 Å². The van der Waals surface area contributed by atoms with Gasteiger partial charge in [-0.05, 0) is 29.3 Å². The van der Waals surface area contributed by atoms with Crippen LogP contribution in [0, 0.1) is 0 Å². The van der Waals surface area contributed by atoms with Crippen molar-refractivity contribution in [1.29, 1.82) is 0 Å². The van der Waals surface area contributed by atoms with Crippen molar-refractivity contribution in [2.75, 3.05) is 6.79 Å². The number of aliphatic hydroxyl groups is 1. The van der Waals surface area contributed by atoms with Gasteiger partial charge in [0.25, 0.3) is 5.91 Å². The Morgan fingerprint density at radius 1 is 1.17 bits per heavy atom. The zero-order valence-electron chi connectivity index (χ0n) is 12.5. The number of carbonyl (C=O) groups is 1. The summed E-state index contributed by atoms with van der Waals surface area (Å²) in [6.45, 7) is -0.168. The fourth-order valence-corrected chi connectivity index (χ4v) is 2.08. The van der Waals surface area contributed by atoms with Gasteiger partial charge < -0.3 is 15.2 Å². The molecule has 2 N–H and O–H groups in total. The first-order valence-corrected chi connectivity index (χ1v) is 7.54. The van der Waals surface area contributed by atoms with E-state index in [0.29, 0.717) is 11.6 Å². The van der Waals surface area contributed by atoms with E-state index in [9.17, 15) is 4.79 Å². The van der Waals surface area contributed by atoms with Crippen molar-refractivity contribution in [3.05, 3.63) is 76.8 Å². The summed E-state index contributed by atoms with van der Waals surface area (Å²) in [5.41, 5.74) is 1.88. The van der Waals surface area contributed by atoms with E-state index in [4.69, 9.17) is 21.4 Å². The lowest BCUT2D eigenvalue weighted by atomic mass is 10.2. The largest absolute Gasteiger partial charge is 0.371 e. The van der Waals surface area contributed by atoms with Gasteiger partial charge in [-0.2, -0.15) is 0 Å². The Kier molecular flexibility index (Phi) is 6.81. The number of rotatable bonds is 7. The van der Waals surface area contributed by atoms with Crippen molar-refractivity contribution in [2.24, 2.45) is 0 Å². The Morgan fingerprint density at radius 2 is 1.87 bits per heavy atom. The van der Waals surface area contributed by atoms with Gasteiger partial charge in [0.05, 0.1) is 0 Å². The predicted octanol–water partition coefficient (Wildman–Crippen LogP) is 3.00. The predicted molar refractivity (Wildman–Crippen MR) is 90.7 cm³/mol. The number of ether oxygens (including phenoxy) is 1. The van der Waals surface area contributed by atoms with Crippen LogP contribution < -0.4 is 5.32 Å². The summed E-state index contributed by atoms with van der Waals surface area (Å²) in [6.07, 6.45) is 2.54. The van der Waals surface area contributed by atoms with Crippen LogP contribution in [0.3, 0.4) is 0 Å². The van der Waals surface area contributed by atoms with Crippen LogP contribution in [0.4, 0.5) is 0 Å². The molecule has 0 aliphatic rings. The van der Waals surface area contributed by atoms with Crippen molar-refractivity contribution in [1.82, 2.24) is 5.32 Å². The number of hydrogen-bond donors (Lipinski definition) is 2. The minimum absolute atomic E-state index is 0.318. The highest BCUT2D eigenvalue weighted by atomic mass is 35.5. The van der Waals surface area contributed by atoms with E-state index in [1.54, 1.807) is 24.3 Å². The molecule has 2 rings (SSSR count). The van der Waals surface area contributed by atoms with Crippen LogP contribution in [0.5, 0.6) is 0 Å². The molecule has 0 aliphatic carbocycles. The van der Waals surface area contributed by atoms with Crippen LogP contribution in [0.25, 0.3) is 6.08 Å². The lowest BCUT2D eigenvalue weighted by molar-refractivity contribution is -0.135. The van der Waals surface area contributed by atoms with Crippen molar-refractivity contribution >= 4 is 23.6 Å². The minimum Gasteiger partial charge on any atom is -0.371 e. The summed E-state index contributed by atoms with van der Waals surface area (Å²) in [5.74, 6) is -0.318. The zero-order valence-corrected chi connectivity index (χ0v) is 13.2. The molecule has 0 spiro atoms. The molecule has 120 valence electrons. The molecule has 0 aromatic heterocycles.